The summed E-state index contributed by atoms with van der Waals surface area (Å²) < 4.78 is 18.1. The van der Waals surface area contributed by atoms with E-state index in [1.807, 2.05) is 19.9 Å². The molecule has 0 atom stereocenters. The Morgan fingerprint density at radius 2 is 1.74 bits per heavy atom. The first kappa shape index (κ1) is 14.5. The average Bonchev–Trinajstić information content (AvgIpc) is 2.44. The van der Waals surface area contributed by atoms with E-state index in [9.17, 15) is 4.57 Å². The molecule has 2 N–H and O–H groups in total. The van der Waals surface area contributed by atoms with Crippen LogP contribution < -0.4 is 10.5 Å². The quantitative estimate of drug-likeness (QED) is 0.658. The molecule has 1 aliphatic rings. The number of hydrogen-bond donors (Lipinski definition) is 1. The second kappa shape index (κ2) is 6.00. The van der Waals surface area contributed by atoms with Crippen molar-refractivity contribution in [3.63, 3.8) is 0 Å². The summed E-state index contributed by atoms with van der Waals surface area (Å²) in [6, 6.07) is 4.09. The zero-order chi connectivity index (χ0) is 13.9. The number of nitrogens with two attached hydrogens (primary N) is 1. The summed E-state index contributed by atoms with van der Waals surface area (Å²) in [4.78, 5) is 0. The van der Waals surface area contributed by atoms with E-state index in [1.54, 1.807) is 0 Å². The molecule has 0 spiro atoms. The van der Waals surface area contributed by atoms with Gasteiger partial charge in [0, 0.05) is 12.3 Å². The van der Waals surface area contributed by atoms with Crippen molar-refractivity contribution in [2.24, 2.45) is 0 Å². The van der Waals surface area contributed by atoms with E-state index in [4.69, 9.17) is 10.5 Å². The summed E-state index contributed by atoms with van der Waals surface area (Å²) in [5.41, 5.74) is 9.42. The minimum atomic E-state index is -2.17. The average molecular weight is 281 g/mol. The van der Waals surface area contributed by atoms with Gasteiger partial charge >= 0.3 is 0 Å². The largest absolute Gasteiger partial charge is 0.484 e. The van der Waals surface area contributed by atoms with Gasteiger partial charge in [0.1, 0.15) is 19.2 Å². The maximum absolute atomic E-state index is 12.4. The fourth-order valence-electron chi connectivity index (χ4n) is 2.50. The Kier molecular flexibility index (Phi) is 4.57. The third-order valence-corrected chi connectivity index (χ3v) is 6.99. The lowest BCUT2D eigenvalue weighted by Crippen LogP contribution is -2.08. The standard InChI is InChI=1S/C15H24NO2P/c1-3-19(17,4-2)11-18-15-10-13-8-6-5-7-12(13)9-14(15)16/h9-10H,3-8,11,16H2,1-2H3. The first-order valence-corrected chi connectivity index (χ1v) is 9.45. The Morgan fingerprint density at radius 1 is 1.16 bits per heavy atom. The highest BCUT2D eigenvalue weighted by Gasteiger charge is 2.19. The maximum Gasteiger partial charge on any atom is 0.143 e. The van der Waals surface area contributed by atoms with Crippen molar-refractivity contribution in [3.8, 4) is 5.75 Å². The van der Waals surface area contributed by atoms with E-state index in [1.165, 1.54) is 24.0 Å². The molecule has 0 saturated carbocycles. The van der Waals surface area contributed by atoms with E-state index in [0.29, 0.717) is 30.1 Å². The number of benzene rings is 1. The van der Waals surface area contributed by atoms with Crippen molar-refractivity contribution in [1.82, 2.24) is 0 Å². The van der Waals surface area contributed by atoms with Crippen LogP contribution in [-0.4, -0.2) is 18.7 Å². The van der Waals surface area contributed by atoms with Crippen molar-refractivity contribution in [2.45, 2.75) is 39.5 Å². The lowest BCUT2D eigenvalue weighted by Gasteiger charge is -2.20. The molecule has 0 radical (unpaired) electrons. The van der Waals surface area contributed by atoms with Gasteiger partial charge in [0.25, 0.3) is 0 Å². The molecule has 3 nitrogen and oxygen atoms in total. The Balaban J connectivity index is 2.14. The minimum absolute atomic E-state index is 0.309. The predicted molar refractivity (Wildman–Crippen MR) is 81.7 cm³/mol. The number of rotatable bonds is 5. The fraction of sp³-hybridized carbons (Fsp3) is 0.600. The minimum Gasteiger partial charge on any atom is -0.484 e. The zero-order valence-electron chi connectivity index (χ0n) is 11.9. The van der Waals surface area contributed by atoms with E-state index in [-0.39, 0.29) is 0 Å². The van der Waals surface area contributed by atoms with Crippen molar-refractivity contribution in [2.75, 3.05) is 24.4 Å². The zero-order valence-corrected chi connectivity index (χ0v) is 12.8. The third kappa shape index (κ3) is 3.33. The molecule has 2 rings (SSSR count). The van der Waals surface area contributed by atoms with Crippen LogP contribution in [0.25, 0.3) is 0 Å². The second-order valence-corrected chi connectivity index (χ2v) is 8.97. The van der Waals surface area contributed by atoms with Gasteiger partial charge in [-0.1, -0.05) is 13.8 Å². The molecule has 0 fully saturated rings. The highest BCUT2D eigenvalue weighted by atomic mass is 31.2. The van der Waals surface area contributed by atoms with E-state index in [2.05, 4.69) is 6.07 Å². The van der Waals surface area contributed by atoms with E-state index < -0.39 is 7.14 Å². The van der Waals surface area contributed by atoms with Gasteiger partial charge in [0.2, 0.25) is 0 Å². The molecule has 1 aromatic carbocycles. The summed E-state index contributed by atoms with van der Waals surface area (Å²) >= 11 is 0. The predicted octanol–water partition coefficient (Wildman–Crippen LogP) is 3.89. The molecule has 0 amide bonds. The van der Waals surface area contributed by atoms with Crippen molar-refractivity contribution in [1.29, 1.82) is 0 Å². The molecule has 0 saturated heterocycles. The first-order valence-electron chi connectivity index (χ1n) is 7.19. The molecule has 0 aliphatic heterocycles. The van der Waals surface area contributed by atoms with Crippen LogP contribution in [-0.2, 0) is 17.4 Å². The molecular weight excluding hydrogens is 257 g/mol. The SMILES string of the molecule is CCP(=O)(CC)COc1cc2c(cc1N)CCCC2. The fourth-order valence-corrected chi connectivity index (χ4v) is 3.69. The Morgan fingerprint density at radius 3 is 2.32 bits per heavy atom. The number of aryl methyl sites for hydroxylation is 2. The molecule has 1 aromatic rings. The van der Waals surface area contributed by atoms with E-state index >= 15 is 0 Å². The van der Waals surface area contributed by atoms with Crippen LogP contribution in [0, 0.1) is 0 Å². The summed E-state index contributed by atoms with van der Waals surface area (Å²) in [6.45, 7) is 3.92. The van der Waals surface area contributed by atoms with Crippen molar-refractivity contribution < 1.29 is 9.30 Å². The summed E-state index contributed by atoms with van der Waals surface area (Å²) in [7, 11) is -2.17. The van der Waals surface area contributed by atoms with Gasteiger partial charge in [-0.3, -0.25) is 0 Å². The number of ether oxygens (including phenoxy) is 1. The van der Waals surface area contributed by atoms with Gasteiger partial charge in [-0.05, 0) is 48.9 Å². The van der Waals surface area contributed by atoms with E-state index in [0.717, 1.165) is 12.8 Å². The molecule has 106 valence electrons. The van der Waals surface area contributed by atoms with Crippen molar-refractivity contribution >= 4 is 12.8 Å². The maximum atomic E-state index is 12.4. The topological polar surface area (TPSA) is 52.3 Å². The number of hydrogen-bond acceptors (Lipinski definition) is 3. The van der Waals surface area contributed by atoms with Crippen molar-refractivity contribution in [3.05, 3.63) is 23.3 Å². The molecule has 0 unspecified atom stereocenters. The van der Waals surface area contributed by atoms with Crippen LogP contribution in [0.5, 0.6) is 5.75 Å². The smallest absolute Gasteiger partial charge is 0.143 e. The van der Waals surface area contributed by atoms with Crippen LogP contribution >= 0.6 is 7.14 Å². The monoisotopic (exact) mass is 281 g/mol. The molecule has 19 heavy (non-hydrogen) atoms. The number of nitrogen functional groups attached to an aromatic ring is 1. The molecular formula is C15H24NO2P. The number of fused-ring (bicyclic) bond motifs is 1. The lowest BCUT2D eigenvalue weighted by molar-refractivity contribution is 0.377. The Labute approximate surface area is 115 Å². The summed E-state index contributed by atoms with van der Waals surface area (Å²) in [5, 5.41) is 0. The van der Waals surface area contributed by atoms with Gasteiger partial charge in [0.15, 0.2) is 0 Å². The lowest BCUT2D eigenvalue weighted by atomic mass is 9.91. The van der Waals surface area contributed by atoms with Gasteiger partial charge in [-0.2, -0.15) is 0 Å². The van der Waals surface area contributed by atoms with Gasteiger partial charge < -0.3 is 15.0 Å². The van der Waals surface area contributed by atoms with Gasteiger partial charge in [-0.25, -0.2) is 0 Å². The van der Waals surface area contributed by atoms with Crippen LogP contribution in [0.15, 0.2) is 12.1 Å². The molecule has 0 bridgehead atoms. The van der Waals surface area contributed by atoms with Crippen LogP contribution in [0.1, 0.15) is 37.8 Å². The van der Waals surface area contributed by atoms with Crippen LogP contribution in [0.4, 0.5) is 5.69 Å². The van der Waals surface area contributed by atoms with Gasteiger partial charge in [0.05, 0.1) is 5.69 Å². The molecule has 0 aromatic heterocycles. The second-order valence-electron chi connectivity index (χ2n) is 5.33. The van der Waals surface area contributed by atoms with Gasteiger partial charge in [-0.15, -0.1) is 0 Å². The molecule has 1 aliphatic carbocycles. The highest BCUT2D eigenvalue weighted by molar-refractivity contribution is 7.63. The highest BCUT2D eigenvalue weighted by Crippen LogP contribution is 2.45. The van der Waals surface area contributed by atoms with Crippen LogP contribution in [0.2, 0.25) is 0 Å². The first-order chi connectivity index (χ1) is 9.08. The summed E-state index contributed by atoms with van der Waals surface area (Å²) in [6.07, 6.45) is 6.38. The Hall–Kier alpha value is -0.950. The number of anilines is 1. The Bertz CT molecular complexity index is 491. The molecule has 4 heteroatoms. The van der Waals surface area contributed by atoms with Crippen LogP contribution in [0.3, 0.4) is 0 Å². The summed E-state index contributed by atoms with van der Waals surface area (Å²) in [5.74, 6) is 0.711. The normalized spacial score (nSPS) is 15.1. The molecule has 0 heterocycles. The third-order valence-electron chi connectivity index (χ3n) is 4.08.